The van der Waals surface area contributed by atoms with Crippen molar-refractivity contribution in [1.29, 1.82) is 0 Å². The topological polar surface area (TPSA) is 114 Å². The van der Waals surface area contributed by atoms with E-state index in [1.54, 1.807) is 29.0 Å². The molecule has 3 heterocycles. The Morgan fingerprint density at radius 3 is 2.61 bits per heavy atom. The normalized spacial score (nSPS) is 12.6. The van der Waals surface area contributed by atoms with Crippen LogP contribution >= 0.6 is 38.9 Å². The highest BCUT2D eigenvalue weighted by Gasteiger charge is 2.46. The number of nitrogens with zero attached hydrogens (tertiary/aromatic N) is 2. The van der Waals surface area contributed by atoms with E-state index in [2.05, 4.69) is 20.9 Å². The molecular weight excluding hydrogens is 707 g/mol. The molecule has 0 spiro atoms. The van der Waals surface area contributed by atoms with Crippen LogP contribution in [0.25, 0.3) is 28.4 Å². The summed E-state index contributed by atoms with van der Waals surface area (Å²) in [6, 6.07) is 14.6. The number of aromatic nitrogens is 2. The van der Waals surface area contributed by atoms with Gasteiger partial charge in [0.15, 0.2) is 10.9 Å². The first kappa shape index (κ1) is 31.8. The number of para-hydroxylation sites is 1. The maximum absolute atomic E-state index is 13.1. The standard InChI is InChI=1S/C29H22BrClF3N3O5S2/c1-2-24-35-27(31)22(14-17(28(38)39)13-18-6-5-11-43-18)37(24)15-16-9-10-23-20(12-16)25(30)26(42-23)19-7-3-4-8-21(19)36-44(40,41)29(32,33)34/h3-12,14,36H,2,13,15H2,1H3,(H,38,39)/b17-14+. The second-order valence-electron chi connectivity index (χ2n) is 9.55. The molecule has 0 aliphatic rings. The van der Waals surface area contributed by atoms with Crippen LogP contribution in [0.3, 0.4) is 0 Å². The fourth-order valence-corrected chi connectivity index (χ4v) is 6.73. The average molecular weight is 729 g/mol. The molecule has 2 N–H and O–H groups in total. The van der Waals surface area contributed by atoms with Crippen LogP contribution in [0.4, 0.5) is 18.9 Å². The van der Waals surface area contributed by atoms with E-state index >= 15 is 0 Å². The maximum atomic E-state index is 13.1. The van der Waals surface area contributed by atoms with Gasteiger partial charge in [-0.3, -0.25) is 4.72 Å². The molecule has 0 bridgehead atoms. The smallest absolute Gasteiger partial charge is 0.478 e. The predicted octanol–water partition coefficient (Wildman–Crippen LogP) is 8.36. The number of anilines is 1. The van der Waals surface area contributed by atoms with E-state index in [-0.39, 0.29) is 40.7 Å². The van der Waals surface area contributed by atoms with Crippen molar-refractivity contribution in [1.82, 2.24) is 9.55 Å². The molecule has 0 fully saturated rings. The summed E-state index contributed by atoms with van der Waals surface area (Å²) in [4.78, 5) is 17.4. The van der Waals surface area contributed by atoms with Gasteiger partial charge in [-0.1, -0.05) is 42.8 Å². The number of aryl methyl sites for hydroxylation is 1. The number of imidazole rings is 1. The summed E-state index contributed by atoms with van der Waals surface area (Å²) in [6.07, 6.45) is 2.26. The molecule has 0 amide bonds. The van der Waals surface area contributed by atoms with Crippen molar-refractivity contribution in [3.63, 3.8) is 0 Å². The van der Waals surface area contributed by atoms with Gasteiger partial charge in [-0.15, -0.1) is 11.3 Å². The molecule has 15 heteroatoms. The number of hydrogen-bond donors (Lipinski definition) is 2. The number of carbonyl (C=O) groups is 1. The number of halogens is 5. The van der Waals surface area contributed by atoms with Gasteiger partial charge in [-0.25, -0.2) is 9.78 Å². The average Bonchev–Trinajstić information content (AvgIpc) is 3.67. The highest BCUT2D eigenvalue weighted by molar-refractivity contribution is 9.10. The second-order valence-corrected chi connectivity index (χ2v) is 13.4. The summed E-state index contributed by atoms with van der Waals surface area (Å²) in [7, 11) is -5.67. The van der Waals surface area contributed by atoms with Crippen LogP contribution in [0.2, 0.25) is 5.15 Å². The van der Waals surface area contributed by atoms with E-state index in [9.17, 15) is 31.5 Å². The van der Waals surface area contributed by atoms with Crippen molar-refractivity contribution >= 4 is 77.6 Å². The van der Waals surface area contributed by atoms with Crippen molar-refractivity contribution in [2.75, 3.05) is 4.72 Å². The zero-order chi connectivity index (χ0) is 31.8. The van der Waals surface area contributed by atoms with Gasteiger partial charge < -0.3 is 14.1 Å². The summed E-state index contributed by atoms with van der Waals surface area (Å²) in [5, 5.41) is 12.5. The van der Waals surface area contributed by atoms with Gasteiger partial charge in [0.05, 0.1) is 15.9 Å². The van der Waals surface area contributed by atoms with Gasteiger partial charge in [0.1, 0.15) is 11.4 Å². The fourth-order valence-electron chi connectivity index (χ4n) is 4.56. The van der Waals surface area contributed by atoms with Crippen molar-refractivity contribution in [2.45, 2.75) is 31.8 Å². The number of nitrogens with one attached hydrogen (secondary N) is 1. The summed E-state index contributed by atoms with van der Waals surface area (Å²) < 4.78 is 72.6. The maximum Gasteiger partial charge on any atom is 0.516 e. The van der Waals surface area contributed by atoms with Crippen molar-refractivity contribution < 1.29 is 35.9 Å². The van der Waals surface area contributed by atoms with Crippen LogP contribution in [-0.4, -0.2) is 34.6 Å². The van der Waals surface area contributed by atoms with E-state index in [1.807, 2.05) is 29.0 Å². The SMILES string of the molecule is CCc1nc(Cl)c(/C=C(\Cc2cccs2)C(=O)O)n1Cc1ccc2oc(-c3ccccc3NS(=O)(=O)C(F)(F)F)c(Br)c2c1. The van der Waals surface area contributed by atoms with Gasteiger partial charge >= 0.3 is 21.5 Å². The third-order valence-corrected chi connectivity index (χ3v) is 9.68. The quantitative estimate of drug-likeness (QED) is 0.140. The Morgan fingerprint density at radius 2 is 1.95 bits per heavy atom. The lowest BCUT2D eigenvalue weighted by Gasteiger charge is -2.13. The monoisotopic (exact) mass is 727 g/mol. The van der Waals surface area contributed by atoms with Crippen LogP contribution in [0.15, 0.2) is 74.4 Å². The Labute approximate surface area is 267 Å². The molecule has 0 aliphatic carbocycles. The molecular formula is C29H22BrClF3N3O5S2. The van der Waals surface area contributed by atoms with Crippen LogP contribution < -0.4 is 4.72 Å². The molecule has 0 aliphatic heterocycles. The van der Waals surface area contributed by atoms with E-state index in [1.165, 1.54) is 35.6 Å². The Balaban J connectivity index is 1.53. The van der Waals surface area contributed by atoms with Crippen molar-refractivity contribution in [3.8, 4) is 11.3 Å². The van der Waals surface area contributed by atoms with Crippen LogP contribution in [-0.2, 0) is 34.2 Å². The Kier molecular flexibility index (Phi) is 8.99. The number of sulfonamides is 1. The van der Waals surface area contributed by atoms with Gasteiger partial charge in [-0.05, 0) is 63.3 Å². The molecule has 230 valence electrons. The molecule has 2 aromatic carbocycles. The third-order valence-electron chi connectivity index (χ3n) is 6.64. The largest absolute Gasteiger partial charge is 0.516 e. The number of rotatable bonds is 10. The first-order valence-electron chi connectivity index (χ1n) is 12.9. The third kappa shape index (κ3) is 6.43. The lowest BCUT2D eigenvalue weighted by atomic mass is 10.1. The number of alkyl halides is 3. The lowest BCUT2D eigenvalue weighted by molar-refractivity contribution is -0.132. The number of furan rings is 1. The van der Waals surface area contributed by atoms with Gasteiger partial charge in [0.25, 0.3) is 0 Å². The number of fused-ring (bicyclic) bond motifs is 1. The number of hydrogen-bond acceptors (Lipinski definition) is 6. The number of aliphatic carboxylic acids is 1. The fraction of sp³-hybridized carbons (Fsp3) is 0.172. The molecule has 0 unspecified atom stereocenters. The Hall–Kier alpha value is -3.59. The van der Waals surface area contributed by atoms with E-state index in [4.69, 9.17) is 16.0 Å². The molecule has 0 saturated carbocycles. The molecule has 5 aromatic rings. The predicted molar refractivity (Wildman–Crippen MR) is 167 cm³/mol. The first-order chi connectivity index (χ1) is 20.8. The molecule has 0 atom stereocenters. The van der Waals surface area contributed by atoms with Gasteiger partial charge in [0, 0.05) is 40.8 Å². The minimum absolute atomic E-state index is 0.0963. The highest BCUT2D eigenvalue weighted by Crippen LogP contribution is 2.42. The molecule has 8 nitrogen and oxygen atoms in total. The molecule has 0 saturated heterocycles. The van der Waals surface area contributed by atoms with E-state index in [0.29, 0.717) is 33.4 Å². The van der Waals surface area contributed by atoms with Crippen LogP contribution in [0, 0.1) is 0 Å². The Bertz CT molecular complexity index is 2000. The minimum atomic E-state index is -5.67. The summed E-state index contributed by atoms with van der Waals surface area (Å²) >= 11 is 11.4. The summed E-state index contributed by atoms with van der Waals surface area (Å²) in [5.41, 5.74) is -3.96. The molecule has 3 aromatic heterocycles. The van der Waals surface area contributed by atoms with E-state index in [0.717, 1.165) is 10.4 Å². The number of benzene rings is 2. The van der Waals surface area contributed by atoms with Crippen molar-refractivity contribution in [2.24, 2.45) is 0 Å². The summed E-state index contributed by atoms with van der Waals surface area (Å²) in [5.74, 6) is -0.310. The minimum Gasteiger partial charge on any atom is -0.478 e. The zero-order valence-corrected chi connectivity index (χ0v) is 26.6. The second kappa shape index (κ2) is 12.4. The van der Waals surface area contributed by atoms with Gasteiger partial charge in [-0.2, -0.15) is 21.6 Å². The Morgan fingerprint density at radius 1 is 1.20 bits per heavy atom. The molecule has 0 radical (unpaired) electrons. The number of carboxylic acids is 1. The number of carboxylic acid groups (broad SMARTS) is 1. The first-order valence-corrected chi connectivity index (χ1v) is 16.4. The molecule has 5 rings (SSSR count). The highest BCUT2D eigenvalue weighted by atomic mass is 79.9. The van der Waals surface area contributed by atoms with Crippen LogP contribution in [0.1, 0.15) is 28.9 Å². The number of thiophene rings is 1. The zero-order valence-electron chi connectivity index (χ0n) is 22.7. The van der Waals surface area contributed by atoms with Crippen LogP contribution in [0.5, 0.6) is 0 Å². The van der Waals surface area contributed by atoms with Gasteiger partial charge in [0.2, 0.25) is 0 Å². The van der Waals surface area contributed by atoms with E-state index < -0.39 is 21.5 Å². The summed E-state index contributed by atoms with van der Waals surface area (Å²) in [6.45, 7) is 2.17. The molecule has 44 heavy (non-hydrogen) atoms. The lowest BCUT2D eigenvalue weighted by Crippen LogP contribution is -2.30. The van der Waals surface area contributed by atoms with Crippen molar-refractivity contribution in [3.05, 3.63) is 97.1 Å².